The highest BCUT2D eigenvalue weighted by molar-refractivity contribution is 5.85. The van der Waals surface area contributed by atoms with Gasteiger partial charge in [0.25, 0.3) is 5.69 Å². The van der Waals surface area contributed by atoms with Gasteiger partial charge in [0, 0.05) is 24.7 Å². The van der Waals surface area contributed by atoms with E-state index in [0.29, 0.717) is 6.07 Å². The number of carbonyl (C=O) groups excluding carboxylic acids is 1. The van der Waals surface area contributed by atoms with E-state index in [1.165, 1.54) is 11.0 Å². The Balaban J connectivity index is 2.09. The van der Waals surface area contributed by atoms with Crippen LogP contribution in [0.5, 0.6) is 0 Å². The smallest absolute Gasteiger partial charge is 0.368 e. The van der Waals surface area contributed by atoms with E-state index in [4.69, 9.17) is 5.73 Å². The van der Waals surface area contributed by atoms with Crippen molar-refractivity contribution in [1.29, 1.82) is 0 Å². The quantitative estimate of drug-likeness (QED) is 0.669. The molecule has 0 bridgehead atoms. The van der Waals surface area contributed by atoms with Crippen molar-refractivity contribution in [3.63, 3.8) is 0 Å². The number of nitrogens with two attached hydrogens (primary N) is 1. The molecule has 0 spiro atoms. The molecule has 1 atom stereocenters. The second kappa shape index (κ2) is 6.32. The van der Waals surface area contributed by atoms with Gasteiger partial charge in [-0.15, -0.1) is 0 Å². The van der Waals surface area contributed by atoms with Crippen molar-refractivity contribution in [3.05, 3.63) is 69.3 Å². The summed E-state index contributed by atoms with van der Waals surface area (Å²) in [6.07, 6.45) is -4.64. The predicted molar refractivity (Wildman–Crippen MR) is 87.4 cm³/mol. The molecule has 26 heavy (non-hydrogen) atoms. The highest BCUT2D eigenvalue weighted by Crippen LogP contribution is 2.39. The van der Waals surface area contributed by atoms with E-state index < -0.39 is 34.3 Å². The number of primary amides is 1. The Morgan fingerprint density at radius 3 is 2.42 bits per heavy atom. The molecule has 0 saturated carbocycles. The Labute approximate surface area is 146 Å². The van der Waals surface area contributed by atoms with Crippen LogP contribution in [0.1, 0.15) is 16.7 Å². The lowest BCUT2D eigenvalue weighted by Gasteiger charge is -2.37. The first-order valence-electron chi connectivity index (χ1n) is 7.67. The van der Waals surface area contributed by atoms with Crippen LogP contribution in [0.3, 0.4) is 0 Å². The molecule has 0 unspecified atom stereocenters. The molecule has 0 aliphatic carbocycles. The van der Waals surface area contributed by atoms with Gasteiger partial charge in [0.15, 0.2) is 0 Å². The van der Waals surface area contributed by atoms with Crippen LogP contribution < -0.4 is 10.6 Å². The number of rotatable bonds is 3. The van der Waals surface area contributed by atoms with Gasteiger partial charge in [-0.3, -0.25) is 14.9 Å². The number of carbonyl (C=O) groups is 1. The molecule has 1 heterocycles. The van der Waals surface area contributed by atoms with Crippen molar-refractivity contribution >= 4 is 17.3 Å². The minimum absolute atomic E-state index is 0.0567. The Morgan fingerprint density at radius 1 is 1.19 bits per heavy atom. The molecule has 2 N–H and O–H groups in total. The van der Waals surface area contributed by atoms with Gasteiger partial charge in [0.1, 0.15) is 11.6 Å². The number of nitrogens with zero attached hydrogens (tertiary/aromatic N) is 2. The van der Waals surface area contributed by atoms with Crippen LogP contribution in [-0.4, -0.2) is 16.9 Å². The number of nitro benzene ring substituents is 1. The van der Waals surface area contributed by atoms with Gasteiger partial charge in [0.2, 0.25) is 5.91 Å². The minimum atomic E-state index is -4.89. The topological polar surface area (TPSA) is 89.5 Å². The monoisotopic (exact) mass is 365 g/mol. The number of halogens is 3. The van der Waals surface area contributed by atoms with Crippen LogP contribution in [0.25, 0.3) is 0 Å². The first-order chi connectivity index (χ1) is 12.2. The average molecular weight is 365 g/mol. The second-order valence-electron chi connectivity index (χ2n) is 5.98. The molecule has 1 aliphatic rings. The maximum Gasteiger partial charge on any atom is 0.423 e. The van der Waals surface area contributed by atoms with E-state index in [1.54, 1.807) is 12.1 Å². The van der Waals surface area contributed by atoms with E-state index >= 15 is 0 Å². The summed E-state index contributed by atoms with van der Waals surface area (Å²) in [7, 11) is 0. The van der Waals surface area contributed by atoms with Crippen LogP contribution >= 0.6 is 0 Å². The van der Waals surface area contributed by atoms with Crippen molar-refractivity contribution in [2.45, 2.75) is 25.2 Å². The molecule has 0 radical (unpaired) electrons. The Morgan fingerprint density at radius 2 is 1.85 bits per heavy atom. The van der Waals surface area contributed by atoms with E-state index in [9.17, 15) is 28.1 Å². The van der Waals surface area contributed by atoms with Gasteiger partial charge in [-0.25, -0.2) is 0 Å². The SMILES string of the molecule is NC(=O)[C@@H]1Cc2ccccc2CN1c1ccc([N+](=O)[O-])c(C(F)(F)F)c1. The van der Waals surface area contributed by atoms with E-state index in [-0.39, 0.29) is 18.7 Å². The number of fused-ring (bicyclic) bond motifs is 1. The molecule has 1 aliphatic heterocycles. The van der Waals surface area contributed by atoms with Gasteiger partial charge in [0.05, 0.1) is 4.92 Å². The molecule has 1 amide bonds. The number of hydrogen-bond donors (Lipinski definition) is 1. The lowest BCUT2D eigenvalue weighted by atomic mass is 9.93. The highest BCUT2D eigenvalue weighted by Gasteiger charge is 2.40. The third-order valence-electron chi connectivity index (χ3n) is 4.39. The molecule has 6 nitrogen and oxygen atoms in total. The summed E-state index contributed by atoms with van der Waals surface area (Å²) in [5.74, 6) is -0.675. The standard InChI is InChI=1S/C17H14F3N3O3/c18-17(19,20)13-8-12(5-6-14(13)23(25)26)22-9-11-4-2-1-3-10(11)7-15(22)16(21)24/h1-6,8,15H,7,9H2,(H2,21,24)/t15-/m0/s1. The van der Waals surface area contributed by atoms with Crippen LogP contribution in [0.2, 0.25) is 0 Å². The van der Waals surface area contributed by atoms with E-state index in [0.717, 1.165) is 17.2 Å². The van der Waals surface area contributed by atoms with Gasteiger partial charge in [-0.1, -0.05) is 24.3 Å². The summed E-state index contributed by atoms with van der Waals surface area (Å²) < 4.78 is 39.7. The predicted octanol–water partition coefficient (Wildman–Crippen LogP) is 3.03. The Bertz CT molecular complexity index is 883. The van der Waals surface area contributed by atoms with E-state index in [2.05, 4.69) is 0 Å². The minimum Gasteiger partial charge on any atom is -0.368 e. The molecular formula is C17H14F3N3O3. The van der Waals surface area contributed by atoms with Crippen molar-refractivity contribution < 1.29 is 22.9 Å². The summed E-state index contributed by atoms with van der Waals surface area (Å²) in [5, 5.41) is 10.9. The zero-order valence-electron chi connectivity index (χ0n) is 13.4. The highest BCUT2D eigenvalue weighted by atomic mass is 19.4. The maximum absolute atomic E-state index is 13.2. The fraction of sp³-hybridized carbons (Fsp3) is 0.235. The molecule has 0 saturated heterocycles. The third-order valence-corrected chi connectivity index (χ3v) is 4.39. The fourth-order valence-corrected chi connectivity index (χ4v) is 3.14. The summed E-state index contributed by atoms with van der Waals surface area (Å²) in [4.78, 5) is 23.1. The van der Waals surface area contributed by atoms with Gasteiger partial charge in [-0.05, 0) is 23.3 Å². The lowest BCUT2D eigenvalue weighted by Crippen LogP contribution is -2.48. The molecule has 3 rings (SSSR count). The van der Waals surface area contributed by atoms with Crippen LogP contribution in [0, 0.1) is 10.1 Å². The Kier molecular flexibility index (Phi) is 4.31. The molecule has 0 fully saturated rings. The molecule has 0 aromatic heterocycles. The fourth-order valence-electron chi connectivity index (χ4n) is 3.14. The number of hydrogen-bond acceptors (Lipinski definition) is 4. The van der Waals surface area contributed by atoms with Crippen molar-refractivity contribution in [1.82, 2.24) is 0 Å². The number of nitro groups is 1. The van der Waals surface area contributed by atoms with Crippen LogP contribution in [0.15, 0.2) is 42.5 Å². The summed E-state index contributed by atoms with van der Waals surface area (Å²) >= 11 is 0. The molecule has 9 heteroatoms. The Hall–Kier alpha value is -3.10. The van der Waals surface area contributed by atoms with Gasteiger partial charge < -0.3 is 10.6 Å². The largest absolute Gasteiger partial charge is 0.423 e. The molecule has 2 aromatic carbocycles. The number of benzene rings is 2. The first kappa shape index (κ1) is 17.7. The summed E-state index contributed by atoms with van der Waals surface area (Å²) in [6, 6.07) is 9.11. The van der Waals surface area contributed by atoms with Crippen molar-refractivity contribution in [2.24, 2.45) is 5.73 Å². The number of alkyl halides is 3. The summed E-state index contributed by atoms with van der Waals surface area (Å²) in [6.45, 7) is 0.179. The lowest BCUT2D eigenvalue weighted by molar-refractivity contribution is -0.388. The van der Waals surface area contributed by atoms with Crippen molar-refractivity contribution in [3.8, 4) is 0 Å². The zero-order chi connectivity index (χ0) is 19.1. The first-order valence-corrected chi connectivity index (χ1v) is 7.67. The zero-order valence-corrected chi connectivity index (χ0v) is 13.4. The van der Waals surface area contributed by atoms with E-state index in [1.807, 2.05) is 12.1 Å². The third kappa shape index (κ3) is 3.19. The molecule has 2 aromatic rings. The number of anilines is 1. The van der Waals surface area contributed by atoms with Crippen LogP contribution in [-0.2, 0) is 23.9 Å². The molecular weight excluding hydrogens is 351 g/mol. The van der Waals surface area contributed by atoms with Crippen molar-refractivity contribution in [2.75, 3.05) is 4.90 Å². The maximum atomic E-state index is 13.2. The van der Waals surface area contributed by atoms with Gasteiger partial charge >= 0.3 is 6.18 Å². The second-order valence-corrected chi connectivity index (χ2v) is 5.98. The average Bonchev–Trinajstić information content (AvgIpc) is 2.59. The van der Waals surface area contributed by atoms with Crippen LogP contribution in [0.4, 0.5) is 24.5 Å². The number of amides is 1. The molecule has 136 valence electrons. The normalized spacial score (nSPS) is 16.9. The van der Waals surface area contributed by atoms with Gasteiger partial charge in [-0.2, -0.15) is 13.2 Å². The summed E-state index contributed by atoms with van der Waals surface area (Å²) in [5.41, 5.74) is 4.86.